The van der Waals surface area contributed by atoms with E-state index >= 15 is 0 Å². The molecule has 24 heavy (non-hydrogen) atoms. The van der Waals surface area contributed by atoms with Crippen molar-refractivity contribution >= 4 is 40.7 Å². The van der Waals surface area contributed by atoms with Crippen LogP contribution in [0.25, 0.3) is 0 Å². The summed E-state index contributed by atoms with van der Waals surface area (Å²) >= 11 is 0. The minimum absolute atomic E-state index is 0. The Bertz CT molecular complexity index is 550. The van der Waals surface area contributed by atoms with E-state index in [1.807, 2.05) is 26.1 Å². The Hall–Kier alpha value is -0.700. The molecule has 5 nitrogen and oxygen atoms in total. The lowest BCUT2D eigenvalue weighted by molar-refractivity contribution is 0.413. The molecule has 7 heteroatoms. The maximum Gasteiger partial charge on any atom is 0.191 e. The Balaban J connectivity index is 0.00000288. The average Bonchev–Trinajstić information content (AvgIpc) is 2.59. The molecule has 1 aromatic rings. The average molecular weight is 464 g/mol. The molecule has 0 bridgehead atoms. The molecule has 0 spiro atoms. The molecule has 1 aliphatic rings. The van der Waals surface area contributed by atoms with Crippen LogP contribution in [0, 0.1) is 6.92 Å². The third-order valence-corrected chi connectivity index (χ3v) is 6.02. The first-order valence-electron chi connectivity index (χ1n) is 8.38. The van der Waals surface area contributed by atoms with Gasteiger partial charge in [-0.1, -0.05) is 19.4 Å². The van der Waals surface area contributed by atoms with Crippen LogP contribution in [-0.2, 0) is 17.3 Å². The molecule has 1 aromatic heterocycles. The van der Waals surface area contributed by atoms with Crippen LogP contribution in [0.5, 0.6) is 0 Å². The van der Waals surface area contributed by atoms with Gasteiger partial charge in [0.2, 0.25) is 0 Å². The third-order valence-electron chi connectivity index (χ3n) is 4.28. The van der Waals surface area contributed by atoms with Crippen molar-refractivity contribution < 1.29 is 4.21 Å². The SMILES string of the molecule is CCS(=O)C1CCCC(NC(=NC)NCc2ccc(C)nc2)C1.I. The topological polar surface area (TPSA) is 66.4 Å². The number of pyridine rings is 1. The van der Waals surface area contributed by atoms with Gasteiger partial charge in [-0.3, -0.25) is 14.2 Å². The quantitative estimate of drug-likeness (QED) is 0.400. The Morgan fingerprint density at radius 1 is 1.42 bits per heavy atom. The summed E-state index contributed by atoms with van der Waals surface area (Å²) in [5, 5.41) is 7.14. The molecule has 3 atom stereocenters. The number of nitrogens with one attached hydrogen (secondary N) is 2. The number of aliphatic imine (C=N–C) groups is 1. The lowest BCUT2D eigenvalue weighted by Gasteiger charge is -2.30. The van der Waals surface area contributed by atoms with E-state index in [0.717, 1.165) is 48.7 Å². The van der Waals surface area contributed by atoms with Crippen molar-refractivity contribution in [3.05, 3.63) is 29.6 Å². The van der Waals surface area contributed by atoms with Crippen LogP contribution < -0.4 is 10.6 Å². The zero-order chi connectivity index (χ0) is 16.7. The van der Waals surface area contributed by atoms with Gasteiger partial charge in [0.05, 0.1) is 0 Å². The van der Waals surface area contributed by atoms with Crippen molar-refractivity contribution in [1.29, 1.82) is 0 Å². The summed E-state index contributed by atoms with van der Waals surface area (Å²) in [4.78, 5) is 8.61. The predicted molar refractivity (Wildman–Crippen MR) is 112 cm³/mol. The molecule has 136 valence electrons. The summed E-state index contributed by atoms with van der Waals surface area (Å²) in [6, 6.07) is 4.44. The van der Waals surface area contributed by atoms with Crippen molar-refractivity contribution in [2.24, 2.45) is 4.99 Å². The van der Waals surface area contributed by atoms with Gasteiger partial charge in [-0.25, -0.2) is 0 Å². The third kappa shape index (κ3) is 6.66. The van der Waals surface area contributed by atoms with Gasteiger partial charge in [0.25, 0.3) is 0 Å². The molecule has 1 heterocycles. The fourth-order valence-corrected chi connectivity index (χ4v) is 4.28. The molecule has 2 N–H and O–H groups in total. The fraction of sp³-hybridized carbons (Fsp3) is 0.647. The van der Waals surface area contributed by atoms with E-state index < -0.39 is 10.8 Å². The monoisotopic (exact) mass is 464 g/mol. The van der Waals surface area contributed by atoms with Gasteiger partial charge in [0, 0.05) is 53.3 Å². The van der Waals surface area contributed by atoms with E-state index in [1.54, 1.807) is 7.05 Å². The number of nitrogens with zero attached hydrogens (tertiary/aromatic N) is 2. The van der Waals surface area contributed by atoms with Crippen LogP contribution in [0.15, 0.2) is 23.3 Å². The Labute approximate surface area is 165 Å². The highest BCUT2D eigenvalue weighted by atomic mass is 127. The first kappa shape index (κ1) is 21.3. The van der Waals surface area contributed by atoms with Gasteiger partial charge in [0.15, 0.2) is 5.96 Å². The Morgan fingerprint density at radius 3 is 2.83 bits per heavy atom. The maximum atomic E-state index is 12.0. The second-order valence-corrected chi connectivity index (χ2v) is 8.04. The highest BCUT2D eigenvalue weighted by Gasteiger charge is 2.25. The molecule has 2 rings (SSSR count). The van der Waals surface area contributed by atoms with Crippen LogP contribution in [0.3, 0.4) is 0 Å². The van der Waals surface area contributed by atoms with Crippen molar-refractivity contribution in [3.8, 4) is 0 Å². The van der Waals surface area contributed by atoms with Gasteiger partial charge < -0.3 is 10.6 Å². The molecule has 0 saturated heterocycles. The molecule has 1 saturated carbocycles. The molecule has 1 fully saturated rings. The van der Waals surface area contributed by atoms with Crippen molar-refractivity contribution in [2.75, 3.05) is 12.8 Å². The number of aryl methyl sites for hydroxylation is 1. The molecule has 0 radical (unpaired) electrons. The summed E-state index contributed by atoms with van der Waals surface area (Å²) in [6.07, 6.45) is 6.18. The van der Waals surface area contributed by atoms with Crippen LogP contribution in [0.4, 0.5) is 0 Å². The van der Waals surface area contributed by atoms with Gasteiger partial charge in [-0.2, -0.15) is 0 Å². The number of aromatic nitrogens is 1. The number of rotatable bonds is 5. The second-order valence-electron chi connectivity index (χ2n) is 6.03. The second kappa shape index (κ2) is 11.0. The van der Waals surface area contributed by atoms with Crippen molar-refractivity contribution in [2.45, 2.75) is 57.4 Å². The number of halogens is 1. The molecule has 3 unspecified atom stereocenters. The summed E-state index contributed by atoms with van der Waals surface area (Å²) in [5.74, 6) is 1.56. The zero-order valence-electron chi connectivity index (χ0n) is 14.7. The van der Waals surface area contributed by atoms with E-state index in [-0.39, 0.29) is 24.0 Å². The summed E-state index contributed by atoms with van der Waals surface area (Å²) in [6.45, 7) is 4.69. The van der Waals surface area contributed by atoms with E-state index in [2.05, 4.69) is 26.7 Å². The van der Waals surface area contributed by atoms with Crippen LogP contribution in [0.1, 0.15) is 43.9 Å². The molecular weight excluding hydrogens is 435 g/mol. The van der Waals surface area contributed by atoms with E-state index in [9.17, 15) is 4.21 Å². The Morgan fingerprint density at radius 2 is 2.21 bits per heavy atom. The lowest BCUT2D eigenvalue weighted by atomic mass is 9.95. The smallest absolute Gasteiger partial charge is 0.191 e. The standard InChI is InChI=1S/C17H28N4OS.HI/c1-4-23(22)16-7-5-6-15(10-16)21-17(18-3)20-12-14-9-8-13(2)19-11-14;/h8-9,11,15-16H,4-7,10,12H2,1-3H3,(H2,18,20,21);1H. The highest BCUT2D eigenvalue weighted by Crippen LogP contribution is 2.22. The van der Waals surface area contributed by atoms with Crippen molar-refractivity contribution in [1.82, 2.24) is 15.6 Å². The van der Waals surface area contributed by atoms with Crippen LogP contribution in [0.2, 0.25) is 0 Å². The van der Waals surface area contributed by atoms with Gasteiger partial charge in [-0.05, 0) is 37.8 Å². The first-order valence-corrected chi connectivity index (χ1v) is 9.76. The van der Waals surface area contributed by atoms with Crippen LogP contribution in [-0.4, -0.2) is 39.2 Å². The number of hydrogen-bond acceptors (Lipinski definition) is 3. The molecular formula is C17H29IN4OS. The van der Waals surface area contributed by atoms with E-state index in [1.165, 1.54) is 0 Å². The van der Waals surface area contributed by atoms with Crippen molar-refractivity contribution in [3.63, 3.8) is 0 Å². The zero-order valence-corrected chi connectivity index (χ0v) is 17.9. The lowest BCUT2D eigenvalue weighted by Crippen LogP contribution is -2.46. The van der Waals surface area contributed by atoms with Gasteiger partial charge >= 0.3 is 0 Å². The summed E-state index contributed by atoms with van der Waals surface area (Å²) in [7, 11) is 1.09. The Kier molecular flexibility index (Phi) is 9.80. The van der Waals surface area contributed by atoms with Gasteiger partial charge in [-0.15, -0.1) is 24.0 Å². The predicted octanol–water partition coefficient (Wildman–Crippen LogP) is 2.75. The first-order chi connectivity index (χ1) is 11.1. The fourth-order valence-electron chi connectivity index (χ4n) is 2.93. The highest BCUT2D eigenvalue weighted by molar-refractivity contribution is 14.0. The van der Waals surface area contributed by atoms with Gasteiger partial charge in [0.1, 0.15) is 0 Å². The minimum Gasteiger partial charge on any atom is -0.354 e. The minimum atomic E-state index is -0.695. The maximum absolute atomic E-state index is 12.0. The largest absolute Gasteiger partial charge is 0.354 e. The molecule has 0 aliphatic heterocycles. The van der Waals surface area contributed by atoms with E-state index in [4.69, 9.17) is 0 Å². The van der Waals surface area contributed by atoms with E-state index in [0.29, 0.717) is 17.8 Å². The molecule has 1 aliphatic carbocycles. The number of guanidine groups is 1. The molecule has 0 aromatic carbocycles. The summed E-state index contributed by atoms with van der Waals surface area (Å²) in [5.41, 5.74) is 2.15. The van der Waals surface area contributed by atoms with Crippen LogP contribution >= 0.6 is 24.0 Å². The normalized spacial score (nSPS) is 22.4. The number of hydrogen-bond donors (Lipinski definition) is 2. The summed E-state index contributed by atoms with van der Waals surface area (Å²) < 4.78 is 12.0. The molecule has 0 amide bonds.